The van der Waals surface area contributed by atoms with E-state index in [0.29, 0.717) is 5.56 Å². The molecule has 8 heteroatoms. The molecule has 3 aromatic carbocycles. The zero-order chi connectivity index (χ0) is 28.4. The fourth-order valence-electron chi connectivity index (χ4n) is 4.61. The average molecular weight is 550 g/mol. The minimum Gasteiger partial charge on any atom is -0.378 e. The lowest BCUT2D eigenvalue weighted by molar-refractivity contribution is -0.385. The monoisotopic (exact) mass is 549 g/mol. The second-order valence-electron chi connectivity index (χ2n) is 9.93. The highest BCUT2D eigenvalue weighted by atomic mass is 32.1. The molecular formula is C32H31N5O2S. The van der Waals surface area contributed by atoms with E-state index in [9.17, 15) is 10.1 Å². The number of imidazole rings is 1. The number of thiophene rings is 1. The molecule has 0 N–H and O–H groups in total. The number of aromatic nitrogens is 2. The van der Waals surface area contributed by atoms with Crippen LogP contribution in [-0.2, 0) is 7.05 Å². The van der Waals surface area contributed by atoms with Crippen LogP contribution in [0.1, 0.15) is 10.4 Å². The molecule has 5 aromatic rings. The number of rotatable bonds is 8. The van der Waals surface area contributed by atoms with Crippen molar-refractivity contribution in [1.82, 2.24) is 9.55 Å². The highest BCUT2D eigenvalue weighted by Crippen LogP contribution is 2.38. The van der Waals surface area contributed by atoms with E-state index in [1.54, 1.807) is 35.6 Å². The van der Waals surface area contributed by atoms with E-state index < -0.39 is 0 Å². The molecule has 2 heterocycles. The van der Waals surface area contributed by atoms with Crippen LogP contribution in [0.3, 0.4) is 0 Å². The van der Waals surface area contributed by atoms with E-state index in [1.165, 1.54) is 6.07 Å². The summed E-state index contributed by atoms with van der Waals surface area (Å²) >= 11 is 1.61. The summed E-state index contributed by atoms with van der Waals surface area (Å²) in [7, 11) is 10.2. The second-order valence-corrected chi connectivity index (χ2v) is 11.0. The van der Waals surface area contributed by atoms with E-state index in [-0.39, 0.29) is 10.6 Å². The van der Waals surface area contributed by atoms with E-state index >= 15 is 0 Å². The predicted molar refractivity (Wildman–Crippen MR) is 168 cm³/mol. The third kappa shape index (κ3) is 5.39. The maximum absolute atomic E-state index is 11.4. The van der Waals surface area contributed by atoms with Crippen LogP contribution >= 0.6 is 11.3 Å². The lowest BCUT2D eigenvalue weighted by Crippen LogP contribution is -2.08. The Balaban J connectivity index is 1.56. The Morgan fingerprint density at radius 2 is 1.40 bits per heavy atom. The van der Waals surface area contributed by atoms with Crippen molar-refractivity contribution in [3.8, 4) is 33.2 Å². The minimum atomic E-state index is -0.355. The van der Waals surface area contributed by atoms with Crippen molar-refractivity contribution in [3.05, 3.63) is 105 Å². The molecule has 0 aliphatic heterocycles. The van der Waals surface area contributed by atoms with Gasteiger partial charge < -0.3 is 14.4 Å². The molecule has 0 amide bonds. The number of para-hydroxylation sites is 1. The molecule has 0 bridgehead atoms. The maximum Gasteiger partial charge on any atom is 0.276 e. The normalized spacial score (nSPS) is 11.2. The van der Waals surface area contributed by atoms with Crippen LogP contribution < -0.4 is 9.80 Å². The van der Waals surface area contributed by atoms with Crippen molar-refractivity contribution in [2.45, 2.75) is 0 Å². The molecule has 0 fully saturated rings. The third-order valence-electron chi connectivity index (χ3n) is 6.82. The van der Waals surface area contributed by atoms with Gasteiger partial charge in [-0.3, -0.25) is 10.1 Å². The van der Waals surface area contributed by atoms with Gasteiger partial charge in [-0.1, -0.05) is 36.4 Å². The summed E-state index contributed by atoms with van der Waals surface area (Å²) in [6.07, 6.45) is 3.71. The van der Waals surface area contributed by atoms with E-state index in [1.807, 2.05) is 40.3 Å². The molecule has 0 radical (unpaired) electrons. The molecule has 7 nitrogen and oxygen atoms in total. The minimum absolute atomic E-state index is 0.0921. The lowest BCUT2D eigenvalue weighted by Gasteiger charge is -2.14. The van der Waals surface area contributed by atoms with Gasteiger partial charge >= 0.3 is 0 Å². The summed E-state index contributed by atoms with van der Waals surface area (Å²) in [4.78, 5) is 22.4. The molecule has 5 rings (SSSR count). The van der Waals surface area contributed by atoms with Gasteiger partial charge in [-0.15, -0.1) is 11.3 Å². The van der Waals surface area contributed by atoms with Crippen molar-refractivity contribution in [2.24, 2.45) is 7.05 Å². The van der Waals surface area contributed by atoms with Crippen molar-refractivity contribution < 1.29 is 4.92 Å². The summed E-state index contributed by atoms with van der Waals surface area (Å²) < 4.78 is 2.15. The van der Waals surface area contributed by atoms with E-state index in [4.69, 9.17) is 4.98 Å². The fourth-order valence-corrected chi connectivity index (χ4v) is 5.55. The fraction of sp³-hybridized carbons (Fsp3) is 0.156. The van der Waals surface area contributed by atoms with Gasteiger partial charge in [0.1, 0.15) is 0 Å². The molecule has 0 spiro atoms. The Labute approximate surface area is 238 Å². The highest BCUT2D eigenvalue weighted by Gasteiger charge is 2.20. The third-order valence-corrected chi connectivity index (χ3v) is 7.86. The maximum atomic E-state index is 11.4. The van der Waals surface area contributed by atoms with Crippen LogP contribution in [0.4, 0.5) is 17.1 Å². The number of nitro benzene ring substituents is 1. The van der Waals surface area contributed by atoms with Crippen molar-refractivity contribution in [3.63, 3.8) is 0 Å². The Hall–Kier alpha value is -4.69. The molecule has 0 saturated heterocycles. The van der Waals surface area contributed by atoms with Gasteiger partial charge in [-0.2, -0.15) is 0 Å². The van der Waals surface area contributed by atoms with Crippen LogP contribution in [0.5, 0.6) is 0 Å². The Kier molecular flexibility index (Phi) is 7.53. The Morgan fingerprint density at radius 1 is 0.800 bits per heavy atom. The zero-order valence-electron chi connectivity index (χ0n) is 23.2. The molecule has 0 saturated carbocycles. The van der Waals surface area contributed by atoms with E-state index in [2.05, 4.69) is 76.0 Å². The number of hydrogen-bond acceptors (Lipinski definition) is 6. The molecular weight excluding hydrogens is 518 g/mol. The summed E-state index contributed by atoms with van der Waals surface area (Å²) in [5.74, 6) is 0.869. The predicted octanol–water partition coefficient (Wildman–Crippen LogP) is 7.69. The molecule has 40 heavy (non-hydrogen) atoms. The highest BCUT2D eigenvalue weighted by molar-refractivity contribution is 7.16. The quantitative estimate of drug-likeness (QED) is 0.147. The molecule has 2 aromatic heterocycles. The van der Waals surface area contributed by atoms with Gasteiger partial charge in [0.15, 0.2) is 5.82 Å². The Bertz CT molecular complexity index is 1680. The smallest absolute Gasteiger partial charge is 0.276 e. The molecule has 0 aliphatic carbocycles. The van der Waals surface area contributed by atoms with Gasteiger partial charge in [-0.25, -0.2) is 4.98 Å². The topological polar surface area (TPSA) is 67.4 Å². The molecule has 0 atom stereocenters. The SMILES string of the molecule is CN(C)c1ccc(-c2nc(-c3ccc(/C=C/c4ccccc4[N+](=O)[O-])s3)n(C)c2-c2ccc(N(C)C)cc2)cc1. The number of hydrogen-bond donors (Lipinski definition) is 0. The van der Waals surface area contributed by atoms with Gasteiger partial charge in [0.2, 0.25) is 0 Å². The average Bonchev–Trinajstić information content (AvgIpc) is 3.56. The van der Waals surface area contributed by atoms with Crippen molar-refractivity contribution in [2.75, 3.05) is 38.0 Å². The second kappa shape index (κ2) is 11.2. The first-order chi connectivity index (χ1) is 19.2. The zero-order valence-corrected chi connectivity index (χ0v) is 24.0. The van der Waals surface area contributed by atoms with Crippen LogP contribution in [-0.4, -0.2) is 42.7 Å². The Morgan fingerprint density at radius 3 is 2.00 bits per heavy atom. The van der Waals surface area contributed by atoms with Gasteiger partial charge in [-0.05, 0) is 54.6 Å². The van der Waals surface area contributed by atoms with Crippen LogP contribution in [0.2, 0.25) is 0 Å². The summed E-state index contributed by atoms with van der Waals surface area (Å²) in [6.45, 7) is 0. The lowest BCUT2D eigenvalue weighted by atomic mass is 10.0. The van der Waals surface area contributed by atoms with Crippen LogP contribution in [0.15, 0.2) is 84.9 Å². The molecule has 0 unspecified atom stereocenters. The van der Waals surface area contributed by atoms with E-state index in [0.717, 1.165) is 49.5 Å². The molecule has 0 aliphatic rings. The first kappa shape index (κ1) is 26.9. The molecule has 202 valence electrons. The van der Waals surface area contributed by atoms with Gasteiger partial charge in [0.05, 0.1) is 26.8 Å². The standard InChI is InChI=1S/C32H31N5O2S/c1-34(2)25-15-10-23(11-16-25)30-31(24-12-17-26(18-13-24)35(3)4)36(5)32(33-30)29-21-20-27(40-29)19-14-22-8-6-7-9-28(22)37(38)39/h6-21H,1-5H3/b19-14+. The largest absolute Gasteiger partial charge is 0.378 e. The number of anilines is 2. The summed E-state index contributed by atoms with van der Waals surface area (Å²) in [6, 6.07) is 27.8. The van der Waals surface area contributed by atoms with Crippen molar-refractivity contribution in [1.29, 1.82) is 0 Å². The van der Waals surface area contributed by atoms with Crippen LogP contribution in [0, 0.1) is 10.1 Å². The van der Waals surface area contributed by atoms with Gasteiger partial charge in [0.25, 0.3) is 5.69 Å². The number of nitro groups is 1. The number of nitrogens with zero attached hydrogens (tertiary/aromatic N) is 5. The summed E-state index contributed by atoms with van der Waals surface area (Å²) in [5.41, 5.74) is 7.04. The number of benzene rings is 3. The first-order valence-electron chi connectivity index (χ1n) is 12.9. The first-order valence-corrected chi connectivity index (χ1v) is 13.7. The van der Waals surface area contributed by atoms with Gasteiger partial charge in [0, 0.05) is 68.7 Å². The van der Waals surface area contributed by atoms with Crippen molar-refractivity contribution >= 4 is 40.6 Å². The summed E-state index contributed by atoms with van der Waals surface area (Å²) in [5, 5.41) is 11.4. The van der Waals surface area contributed by atoms with Crippen LogP contribution in [0.25, 0.3) is 45.4 Å².